The second-order valence-electron chi connectivity index (χ2n) is 12.9. The molecule has 6 rings (SSSR count). The van der Waals surface area contributed by atoms with E-state index in [2.05, 4.69) is 73.0 Å². The lowest BCUT2D eigenvalue weighted by molar-refractivity contribution is -0.142. The number of carbonyl (C=O) groups is 2. The van der Waals surface area contributed by atoms with Crippen LogP contribution in [0.1, 0.15) is 82.4 Å². The molecule has 37 heavy (non-hydrogen) atoms. The summed E-state index contributed by atoms with van der Waals surface area (Å²) in [6.07, 6.45) is 9.28. The van der Waals surface area contributed by atoms with Crippen LogP contribution in [0.4, 0.5) is 0 Å². The van der Waals surface area contributed by atoms with Gasteiger partial charge in [0, 0.05) is 18.4 Å². The Morgan fingerprint density at radius 3 is 2.35 bits per heavy atom. The predicted octanol–water partition coefficient (Wildman–Crippen LogP) is 6.22. The van der Waals surface area contributed by atoms with Gasteiger partial charge < -0.3 is 10.6 Å². The molecule has 2 N–H and O–H groups in total. The summed E-state index contributed by atoms with van der Waals surface area (Å²) in [5.74, 6) is 2.53. The Kier molecular flexibility index (Phi) is 6.41. The largest absolute Gasteiger partial charge is 0.353 e. The van der Waals surface area contributed by atoms with Gasteiger partial charge in [-0.05, 0) is 91.1 Å². The zero-order chi connectivity index (χ0) is 25.6. The monoisotopic (exact) mass is 498 g/mol. The van der Waals surface area contributed by atoms with E-state index in [1.165, 1.54) is 24.0 Å². The Morgan fingerprint density at radius 1 is 0.892 bits per heavy atom. The highest BCUT2D eigenvalue weighted by molar-refractivity contribution is 5.80. The Bertz CT molecular complexity index is 1130. The number of amides is 2. The van der Waals surface area contributed by atoms with Crippen molar-refractivity contribution in [2.45, 2.75) is 83.7 Å². The number of hydrogen-bond donors (Lipinski definition) is 2. The Balaban J connectivity index is 1.20. The zero-order valence-electron chi connectivity index (χ0n) is 22.4. The van der Waals surface area contributed by atoms with Crippen molar-refractivity contribution in [3.8, 4) is 0 Å². The maximum Gasteiger partial charge on any atom is 0.224 e. The molecule has 4 aliphatic rings. The number of fused-ring (bicyclic) bond motifs is 5. The quantitative estimate of drug-likeness (QED) is 0.514. The van der Waals surface area contributed by atoms with Crippen LogP contribution < -0.4 is 10.6 Å². The third-order valence-corrected chi connectivity index (χ3v) is 11.2. The molecule has 2 amide bonds. The summed E-state index contributed by atoms with van der Waals surface area (Å²) >= 11 is 0. The molecule has 3 saturated carbocycles. The van der Waals surface area contributed by atoms with Gasteiger partial charge in [0.15, 0.2) is 0 Å². The van der Waals surface area contributed by atoms with Crippen molar-refractivity contribution in [1.82, 2.24) is 10.6 Å². The molecule has 1 heterocycles. The molecule has 8 atom stereocenters. The Morgan fingerprint density at radius 2 is 1.59 bits per heavy atom. The molecule has 4 fully saturated rings. The fraction of sp³-hybridized carbons (Fsp3) is 0.576. The Labute approximate surface area is 222 Å². The minimum atomic E-state index is -0.0183. The van der Waals surface area contributed by atoms with E-state index < -0.39 is 0 Å². The van der Waals surface area contributed by atoms with Gasteiger partial charge in [-0.2, -0.15) is 0 Å². The van der Waals surface area contributed by atoms with Crippen LogP contribution in [0.3, 0.4) is 0 Å². The first-order chi connectivity index (χ1) is 17.9. The molecule has 0 radical (unpaired) electrons. The standard InChI is InChI=1S/C33H42N2O2/c1-32-19-17-26-24(13-16-29-33(26,2)20-18-30(36)35-29)25(32)14-15-27(32)31(37)34-28(23-11-7-4-8-12-23)21-22-9-5-3-6-10-22/h3-12,24-29H,13-21H2,1-2H3,(H,34,37)(H,35,36)/t24-,25-,26-,27+,28+,29+,32-,33+/m0/s1. The average molecular weight is 499 g/mol. The molecule has 196 valence electrons. The first-order valence-corrected chi connectivity index (χ1v) is 14.6. The van der Waals surface area contributed by atoms with Crippen molar-refractivity contribution in [2.24, 2.45) is 34.5 Å². The molecule has 3 aliphatic carbocycles. The molecule has 0 spiro atoms. The molecule has 4 heteroatoms. The summed E-state index contributed by atoms with van der Waals surface area (Å²) in [5, 5.41) is 6.87. The van der Waals surface area contributed by atoms with E-state index in [1.807, 2.05) is 12.1 Å². The molecule has 2 aromatic rings. The summed E-state index contributed by atoms with van der Waals surface area (Å²) in [4.78, 5) is 26.1. The van der Waals surface area contributed by atoms with E-state index in [0.29, 0.717) is 30.2 Å². The number of hydrogen-bond acceptors (Lipinski definition) is 2. The summed E-state index contributed by atoms with van der Waals surface area (Å²) in [5.41, 5.74) is 2.71. The zero-order valence-corrected chi connectivity index (χ0v) is 22.4. The summed E-state index contributed by atoms with van der Waals surface area (Å²) in [7, 11) is 0. The van der Waals surface area contributed by atoms with Gasteiger partial charge in [0.1, 0.15) is 0 Å². The second-order valence-corrected chi connectivity index (χ2v) is 12.9. The predicted molar refractivity (Wildman–Crippen MR) is 147 cm³/mol. The number of nitrogens with one attached hydrogen (secondary N) is 2. The van der Waals surface area contributed by atoms with Crippen molar-refractivity contribution in [1.29, 1.82) is 0 Å². The van der Waals surface area contributed by atoms with Gasteiger partial charge in [-0.25, -0.2) is 0 Å². The van der Waals surface area contributed by atoms with Gasteiger partial charge in [0.05, 0.1) is 6.04 Å². The van der Waals surface area contributed by atoms with Gasteiger partial charge in [-0.1, -0.05) is 74.5 Å². The van der Waals surface area contributed by atoms with E-state index in [-0.39, 0.29) is 34.6 Å². The first-order valence-electron chi connectivity index (χ1n) is 14.6. The fourth-order valence-electron chi connectivity index (χ4n) is 9.19. The SMILES string of the molecule is C[C@]12CCC(=O)N[C@@H]1CC[C@@H]1[C@@H]2CC[C@]2(C)[C@@H](C(=O)N[C@H](Cc3ccccc3)c3ccccc3)CC[C@@H]12. The molecule has 2 aromatic carbocycles. The number of piperidine rings is 1. The van der Waals surface area contributed by atoms with Crippen molar-refractivity contribution in [3.63, 3.8) is 0 Å². The molecule has 4 nitrogen and oxygen atoms in total. The molecular formula is C33H42N2O2. The molecule has 1 aliphatic heterocycles. The van der Waals surface area contributed by atoms with Crippen LogP contribution in [0.2, 0.25) is 0 Å². The van der Waals surface area contributed by atoms with Gasteiger partial charge in [0.25, 0.3) is 0 Å². The van der Waals surface area contributed by atoms with Crippen LogP contribution in [0.5, 0.6) is 0 Å². The smallest absolute Gasteiger partial charge is 0.224 e. The van der Waals surface area contributed by atoms with Gasteiger partial charge in [-0.15, -0.1) is 0 Å². The van der Waals surface area contributed by atoms with Gasteiger partial charge in [0.2, 0.25) is 11.8 Å². The van der Waals surface area contributed by atoms with Gasteiger partial charge in [-0.3, -0.25) is 9.59 Å². The van der Waals surface area contributed by atoms with Crippen molar-refractivity contribution < 1.29 is 9.59 Å². The van der Waals surface area contributed by atoms with Crippen LogP contribution >= 0.6 is 0 Å². The van der Waals surface area contributed by atoms with Crippen LogP contribution in [-0.4, -0.2) is 17.9 Å². The molecular weight excluding hydrogens is 456 g/mol. The van der Waals surface area contributed by atoms with Crippen molar-refractivity contribution in [2.75, 3.05) is 0 Å². The fourth-order valence-corrected chi connectivity index (χ4v) is 9.19. The van der Waals surface area contributed by atoms with Gasteiger partial charge >= 0.3 is 0 Å². The number of carbonyl (C=O) groups excluding carboxylic acids is 2. The highest BCUT2D eigenvalue weighted by Crippen LogP contribution is 2.65. The normalized spacial score (nSPS) is 37.5. The minimum Gasteiger partial charge on any atom is -0.353 e. The lowest BCUT2D eigenvalue weighted by Crippen LogP contribution is -2.61. The third kappa shape index (κ3) is 4.30. The molecule has 1 saturated heterocycles. The van der Waals surface area contributed by atoms with Crippen molar-refractivity contribution in [3.05, 3.63) is 71.8 Å². The molecule has 0 bridgehead atoms. The maximum absolute atomic E-state index is 14.0. The minimum absolute atomic E-state index is 0.0183. The summed E-state index contributed by atoms with van der Waals surface area (Å²) in [6.45, 7) is 4.88. The summed E-state index contributed by atoms with van der Waals surface area (Å²) < 4.78 is 0. The van der Waals surface area contributed by atoms with E-state index >= 15 is 0 Å². The van der Waals surface area contributed by atoms with E-state index in [1.54, 1.807) is 0 Å². The van der Waals surface area contributed by atoms with Crippen molar-refractivity contribution >= 4 is 11.8 Å². The topological polar surface area (TPSA) is 58.2 Å². The Hall–Kier alpha value is -2.62. The lowest BCUT2D eigenvalue weighted by atomic mass is 9.47. The first kappa shape index (κ1) is 24.7. The summed E-state index contributed by atoms with van der Waals surface area (Å²) in [6, 6.07) is 21.3. The second kappa shape index (κ2) is 9.60. The van der Waals surface area contributed by atoms with Crippen LogP contribution in [0.15, 0.2) is 60.7 Å². The van der Waals surface area contributed by atoms with Crippen LogP contribution in [0, 0.1) is 34.5 Å². The molecule has 0 unspecified atom stereocenters. The average Bonchev–Trinajstić information content (AvgIpc) is 3.27. The molecule has 0 aromatic heterocycles. The highest BCUT2D eigenvalue weighted by Gasteiger charge is 2.61. The van der Waals surface area contributed by atoms with E-state index in [4.69, 9.17) is 0 Å². The maximum atomic E-state index is 14.0. The highest BCUT2D eigenvalue weighted by atomic mass is 16.2. The van der Waals surface area contributed by atoms with E-state index in [0.717, 1.165) is 38.5 Å². The lowest BCUT2D eigenvalue weighted by Gasteiger charge is -2.60. The number of benzene rings is 2. The van der Waals surface area contributed by atoms with Crippen LogP contribution in [-0.2, 0) is 16.0 Å². The number of rotatable bonds is 5. The van der Waals surface area contributed by atoms with E-state index in [9.17, 15) is 9.59 Å². The van der Waals surface area contributed by atoms with Crippen LogP contribution in [0.25, 0.3) is 0 Å². The third-order valence-electron chi connectivity index (χ3n) is 11.2.